The predicted molar refractivity (Wildman–Crippen MR) is 78.3 cm³/mol. The monoisotopic (exact) mass is 326 g/mol. The van der Waals surface area contributed by atoms with Crippen LogP contribution in [0.3, 0.4) is 0 Å². The molecule has 0 bridgehead atoms. The lowest BCUT2D eigenvalue weighted by molar-refractivity contribution is 0.184. The lowest BCUT2D eigenvalue weighted by atomic mass is 10.1. The number of piperidine rings is 1. The highest BCUT2D eigenvalue weighted by molar-refractivity contribution is 7.88. The Bertz CT molecular complexity index is 702. The van der Waals surface area contributed by atoms with Crippen LogP contribution in [0.25, 0.3) is 11.7 Å². The van der Waals surface area contributed by atoms with Gasteiger partial charge in [0.15, 0.2) is 5.76 Å². The first-order valence-corrected chi connectivity index (χ1v) is 8.95. The van der Waals surface area contributed by atoms with E-state index in [1.54, 1.807) is 18.4 Å². The highest BCUT2D eigenvalue weighted by Crippen LogP contribution is 2.19. The van der Waals surface area contributed by atoms with Crippen molar-refractivity contribution in [1.82, 2.24) is 19.8 Å². The molecule has 120 valence electrons. The Morgan fingerprint density at radius 1 is 1.36 bits per heavy atom. The topological polar surface area (TPSA) is 101 Å². The number of furan rings is 1. The first-order chi connectivity index (χ1) is 10.5. The highest BCUT2D eigenvalue weighted by Gasteiger charge is 2.23. The Labute approximate surface area is 128 Å². The number of nitrogens with one attached hydrogen (secondary N) is 1. The summed E-state index contributed by atoms with van der Waals surface area (Å²) in [6, 6.07) is 3.53. The molecular formula is C13H18N4O4S. The molecule has 0 amide bonds. The second kappa shape index (κ2) is 6.19. The zero-order valence-corrected chi connectivity index (χ0v) is 13.0. The van der Waals surface area contributed by atoms with Crippen molar-refractivity contribution < 1.29 is 17.3 Å². The Morgan fingerprint density at radius 3 is 2.77 bits per heavy atom. The van der Waals surface area contributed by atoms with Gasteiger partial charge in [0.2, 0.25) is 15.9 Å². The van der Waals surface area contributed by atoms with Crippen molar-refractivity contribution in [2.24, 2.45) is 0 Å². The van der Waals surface area contributed by atoms with Crippen LogP contribution in [0.2, 0.25) is 0 Å². The summed E-state index contributed by atoms with van der Waals surface area (Å²) in [7, 11) is -3.14. The Kier molecular flexibility index (Phi) is 4.27. The van der Waals surface area contributed by atoms with Crippen molar-refractivity contribution in [2.45, 2.75) is 25.4 Å². The molecule has 3 rings (SSSR count). The summed E-state index contributed by atoms with van der Waals surface area (Å²) < 4.78 is 35.9. The number of hydrogen-bond donors (Lipinski definition) is 1. The number of likely N-dealkylation sites (tertiary alicyclic amines) is 1. The maximum atomic E-state index is 11.2. The molecule has 2 aromatic rings. The summed E-state index contributed by atoms with van der Waals surface area (Å²) in [6.45, 7) is 2.12. The minimum absolute atomic E-state index is 0.00705. The largest absolute Gasteiger partial charge is 0.459 e. The van der Waals surface area contributed by atoms with Crippen LogP contribution in [-0.4, -0.2) is 48.9 Å². The minimum atomic E-state index is -3.14. The van der Waals surface area contributed by atoms with Gasteiger partial charge in [-0.25, -0.2) is 13.1 Å². The van der Waals surface area contributed by atoms with Crippen LogP contribution in [-0.2, 0) is 16.6 Å². The molecule has 1 aliphatic heterocycles. The van der Waals surface area contributed by atoms with E-state index in [1.165, 1.54) is 6.26 Å². The lowest BCUT2D eigenvalue weighted by Crippen LogP contribution is -2.43. The third kappa shape index (κ3) is 3.93. The Morgan fingerprint density at radius 2 is 2.14 bits per heavy atom. The number of aromatic nitrogens is 2. The summed E-state index contributed by atoms with van der Waals surface area (Å²) in [5, 5.41) is 7.97. The standard InChI is InChI=1S/C13H18N4O4S/c1-22(18,19)16-10-4-6-17(7-5-10)9-12-14-15-13(21-12)11-3-2-8-20-11/h2-3,8,10,16H,4-7,9H2,1H3. The summed E-state index contributed by atoms with van der Waals surface area (Å²) in [5.74, 6) is 1.45. The molecule has 0 atom stereocenters. The van der Waals surface area contributed by atoms with Gasteiger partial charge in [0, 0.05) is 19.1 Å². The fourth-order valence-corrected chi connectivity index (χ4v) is 3.36. The number of sulfonamides is 1. The predicted octanol–water partition coefficient (Wildman–Crippen LogP) is 0.843. The molecule has 0 spiro atoms. The van der Waals surface area contributed by atoms with Crippen molar-refractivity contribution in [1.29, 1.82) is 0 Å². The van der Waals surface area contributed by atoms with E-state index in [9.17, 15) is 8.42 Å². The SMILES string of the molecule is CS(=O)(=O)NC1CCN(Cc2nnc(-c3ccco3)o2)CC1. The van der Waals surface area contributed by atoms with Crippen LogP contribution < -0.4 is 4.72 Å². The molecule has 2 aromatic heterocycles. The van der Waals surface area contributed by atoms with Gasteiger partial charge in [-0.15, -0.1) is 10.2 Å². The van der Waals surface area contributed by atoms with E-state index in [-0.39, 0.29) is 6.04 Å². The zero-order valence-electron chi connectivity index (χ0n) is 12.2. The molecule has 3 heterocycles. The van der Waals surface area contributed by atoms with Gasteiger partial charge in [-0.2, -0.15) is 0 Å². The molecule has 1 aliphatic rings. The van der Waals surface area contributed by atoms with Gasteiger partial charge in [0.1, 0.15) is 0 Å². The Hall–Kier alpha value is -1.71. The molecule has 0 aliphatic carbocycles. The first kappa shape index (κ1) is 15.2. The second-order valence-corrected chi connectivity index (χ2v) is 7.20. The van der Waals surface area contributed by atoms with Gasteiger partial charge < -0.3 is 8.83 Å². The molecule has 1 saturated heterocycles. The quantitative estimate of drug-likeness (QED) is 0.868. The van der Waals surface area contributed by atoms with Gasteiger partial charge in [-0.3, -0.25) is 4.90 Å². The van der Waals surface area contributed by atoms with Crippen molar-refractivity contribution in [3.05, 3.63) is 24.3 Å². The van der Waals surface area contributed by atoms with Crippen molar-refractivity contribution in [3.8, 4) is 11.7 Å². The Balaban J connectivity index is 1.53. The summed E-state index contributed by atoms with van der Waals surface area (Å²) >= 11 is 0. The van der Waals surface area contributed by atoms with Crippen LogP contribution in [0.1, 0.15) is 18.7 Å². The maximum absolute atomic E-state index is 11.2. The average molecular weight is 326 g/mol. The van der Waals surface area contributed by atoms with Gasteiger partial charge in [-0.1, -0.05) is 0 Å². The lowest BCUT2D eigenvalue weighted by Gasteiger charge is -2.30. The number of rotatable bonds is 5. The van der Waals surface area contributed by atoms with Crippen LogP contribution >= 0.6 is 0 Å². The van der Waals surface area contributed by atoms with E-state index >= 15 is 0 Å². The molecular weight excluding hydrogens is 308 g/mol. The highest BCUT2D eigenvalue weighted by atomic mass is 32.2. The second-order valence-electron chi connectivity index (χ2n) is 5.42. The summed E-state index contributed by atoms with van der Waals surface area (Å²) in [6.07, 6.45) is 4.28. The molecule has 1 fully saturated rings. The van der Waals surface area contributed by atoms with Crippen LogP contribution in [0.15, 0.2) is 27.2 Å². The summed E-state index contributed by atoms with van der Waals surface area (Å²) in [4.78, 5) is 2.17. The summed E-state index contributed by atoms with van der Waals surface area (Å²) in [5.41, 5.74) is 0. The zero-order chi connectivity index (χ0) is 15.6. The number of nitrogens with zero attached hydrogens (tertiary/aromatic N) is 3. The molecule has 0 saturated carbocycles. The van der Waals surface area contributed by atoms with Gasteiger partial charge in [0.05, 0.1) is 19.1 Å². The van der Waals surface area contributed by atoms with Crippen molar-refractivity contribution in [3.63, 3.8) is 0 Å². The minimum Gasteiger partial charge on any atom is -0.459 e. The first-order valence-electron chi connectivity index (χ1n) is 7.05. The average Bonchev–Trinajstić information content (AvgIpc) is 3.10. The molecule has 0 radical (unpaired) electrons. The van der Waals surface area contributed by atoms with Gasteiger partial charge in [0.25, 0.3) is 5.89 Å². The third-order valence-electron chi connectivity index (χ3n) is 3.53. The van der Waals surface area contributed by atoms with Crippen molar-refractivity contribution >= 4 is 10.0 Å². The molecule has 0 unspecified atom stereocenters. The molecule has 8 nitrogen and oxygen atoms in total. The van der Waals surface area contributed by atoms with Crippen LogP contribution in [0.4, 0.5) is 0 Å². The third-order valence-corrected chi connectivity index (χ3v) is 4.29. The normalized spacial score (nSPS) is 17.9. The van der Waals surface area contributed by atoms with E-state index in [1.807, 2.05) is 0 Å². The van der Waals surface area contributed by atoms with Crippen molar-refractivity contribution in [2.75, 3.05) is 19.3 Å². The van der Waals surface area contributed by atoms with Crippen LogP contribution in [0, 0.1) is 0 Å². The molecule has 9 heteroatoms. The van der Waals surface area contributed by atoms with E-state index in [4.69, 9.17) is 8.83 Å². The maximum Gasteiger partial charge on any atom is 0.283 e. The van der Waals surface area contributed by atoms with E-state index in [0.717, 1.165) is 25.9 Å². The van der Waals surface area contributed by atoms with E-state index in [0.29, 0.717) is 24.1 Å². The van der Waals surface area contributed by atoms with Gasteiger partial charge >= 0.3 is 0 Å². The number of hydrogen-bond acceptors (Lipinski definition) is 7. The fourth-order valence-electron chi connectivity index (χ4n) is 2.52. The fraction of sp³-hybridized carbons (Fsp3) is 0.538. The van der Waals surface area contributed by atoms with Crippen LogP contribution in [0.5, 0.6) is 0 Å². The molecule has 1 N–H and O–H groups in total. The molecule has 0 aromatic carbocycles. The van der Waals surface area contributed by atoms with E-state index < -0.39 is 10.0 Å². The van der Waals surface area contributed by atoms with E-state index in [2.05, 4.69) is 19.8 Å². The van der Waals surface area contributed by atoms with Gasteiger partial charge in [-0.05, 0) is 25.0 Å². The smallest absolute Gasteiger partial charge is 0.283 e. The molecule has 22 heavy (non-hydrogen) atoms.